The van der Waals surface area contributed by atoms with Gasteiger partial charge in [0.05, 0.1) is 5.02 Å². The first-order valence-electron chi connectivity index (χ1n) is 5.39. The van der Waals surface area contributed by atoms with E-state index in [0.29, 0.717) is 15.1 Å². The van der Waals surface area contributed by atoms with Crippen molar-refractivity contribution in [2.45, 2.75) is 6.42 Å². The summed E-state index contributed by atoms with van der Waals surface area (Å²) in [6, 6.07) is 7.91. The second-order valence-electron chi connectivity index (χ2n) is 4.00. The summed E-state index contributed by atoms with van der Waals surface area (Å²) in [7, 11) is 0. The molecule has 0 aliphatic carbocycles. The van der Waals surface area contributed by atoms with E-state index >= 15 is 0 Å². The Balaban J connectivity index is 2.28. The van der Waals surface area contributed by atoms with Gasteiger partial charge >= 0.3 is 0 Å². The van der Waals surface area contributed by atoms with E-state index in [9.17, 15) is 13.6 Å². The zero-order valence-electron chi connectivity index (χ0n) is 9.59. The topological polar surface area (TPSA) is 17.1 Å². The number of carbonyl (C=O) groups is 1. The third-order valence-corrected chi connectivity index (χ3v) is 3.34. The van der Waals surface area contributed by atoms with Crippen LogP contribution >= 0.6 is 27.5 Å². The molecule has 0 saturated heterocycles. The van der Waals surface area contributed by atoms with Gasteiger partial charge in [-0.05, 0) is 35.9 Å². The van der Waals surface area contributed by atoms with Crippen molar-refractivity contribution >= 4 is 33.3 Å². The van der Waals surface area contributed by atoms with Crippen LogP contribution in [0.15, 0.2) is 40.9 Å². The fourth-order valence-corrected chi connectivity index (χ4v) is 2.29. The second kappa shape index (κ2) is 5.80. The molecule has 0 radical (unpaired) electrons. The van der Waals surface area contributed by atoms with Gasteiger partial charge in [0.2, 0.25) is 0 Å². The number of hydrogen-bond donors (Lipinski definition) is 0. The predicted octanol–water partition coefficient (Wildman–Crippen LogP) is 4.81. The van der Waals surface area contributed by atoms with Crippen molar-refractivity contribution in [3.05, 3.63) is 68.7 Å². The molecule has 0 fully saturated rings. The Morgan fingerprint density at radius 1 is 1.11 bits per heavy atom. The summed E-state index contributed by atoms with van der Waals surface area (Å²) in [5.74, 6) is -1.71. The molecule has 0 aliphatic rings. The van der Waals surface area contributed by atoms with E-state index in [1.54, 1.807) is 18.2 Å². The monoisotopic (exact) mass is 344 g/mol. The van der Waals surface area contributed by atoms with E-state index in [4.69, 9.17) is 11.6 Å². The third-order valence-electron chi connectivity index (χ3n) is 2.52. The molecule has 0 spiro atoms. The third kappa shape index (κ3) is 3.61. The number of hydrogen-bond acceptors (Lipinski definition) is 1. The van der Waals surface area contributed by atoms with Crippen LogP contribution in [0.2, 0.25) is 5.02 Å². The first-order valence-corrected chi connectivity index (χ1v) is 6.56. The lowest BCUT2D eigenvalue weighted by atomic mass is 10.0. The number of halogens is 4. The summed E-state index contributed by atoms with van der Waals surface area (Å²) >= 11 is 9.17. The lowest BCUT2D eigenvalue weighted by Gasteiger charge is -2.05. The smallest absolute Gasteiger partial charge is 0.168 e. The molecule has 0 N–H and O–H groups in total. The lowest BCUT2D eigenvalue weighted by Crippen LogP contribution is -2.05. The minimum atomic E-state index is -0.705. The van der Waals surface area contributed by atoms with Gasteiger partial charge in [-0.15, -0.1) is 0 Å². The number of carbonyl (C=O) groups excluding carboxylic acids is 1. The van der Waals surface area contributed by atoms with E-state index < -0.39 is 11.6 Å². The summed E-state index contributed by atoms with van der Waals surface area (Å²) in [6.07, 6.45) is -0.106. The summed E-state index contributed by atoms with van der Waals surface area (Å²) in [6.45, 7) is 0. The van der Waals surface area contributed by atoms with Crippen LogP contribution in [0.3, 0.4) is 0 Å². The van der Waals surface area contributed by atoms with Crippen molar-refractivity contribution in [2.75, 3.05) is 0 Å². The Labute approximate surface area is 122 Å². The largest absolute Gasteiger partial charge is 0.294 e. The Morgan fingerprint density at radius 3 is 2.37 bits per heavy atom. The number of Topliss-reactive ketones (excluding diaryl/α,β-unsaturated/α-hetero) is 1. The molecular weight excluding hydrogens is 338 g/mol. The number of ketones is 1. The molecule has 0 heterocycles. The van der Waals surface area contributed by atoms with Crippen LogP contribution in [0.1, 0.15) is 15.9 Å². The Morgan fingerprint density at radius 2 is 1.74 bits per heavy atom. The van der Waals surface area contributed by atoms with Gasteiger partial charge in [0.25, 0.3) is 0 Å². The zero-order chi connectivity index (χ0) is 14.0. The minimum Gasteiger partial charge on any atom is -0.294 e. The van der Waals surface area contributed by atoms with Crippen LogP contribution in [0, 0.1) is 11.6 Å². The number of rotatable bonds is 3. The normalized spacial score (nSPS) is 10.5. The van der Waals surface area contributed by atoms with E-state index in [0.717, 1.165) is 18.2 Å². The Bertz CT molecular complexity index is 623. The molecule has 0 saturated carbocycles. The van der Waals surface area contributed by atoms with Crippen molar-refractivity contribution in [1.29, 1.82) is 0 Å². The molecule has 2 rings (SSSR count). The zero-order valence-corrected chi connectivity index (χ0v) is 11.9. The van der Waals surface area contributed by atoms with E-state index in [2.05, 4.69) is 15.9 Å². The van der Waals surface area contributed by atoms with Gasteiger partial charge < -0.3 is 0 Å². The Hall–Kier alpha value is -1.26. The lowest BCUT2D eigenvalue weighted by molar-refractivity contribution is 0.0993. The molecule has 98 valence electrons. The molecule has 0 bridgehead atoms. The second-order valence-corrected chi connectivity index (χ2v) is 5.32. The van der Waals surface area contributed by atoms with E-state index in [-0.39, 0.29) is 17.8 Å². The average molecular weight is 346 g/mol. The highest BCUT2D eigenvalue weighted by atomic mass is 79.9. The first kappa shape index (κ1) is 14.2. The molecular formula is C14H8BrClF2O. The van der Waals surface area contributed by atoms with Crippen LogP contribution in [0.5, 0.6) is 0 Å². The summed E-state index contributed by atoms with van der Waals surface area (Å²) in [5, 5.41) is 0.310. The van der Waals surface area contributed by atoms with Crippen molar-refractivity contribution in [1.82, 2.24) is 0 Å². The molecule has 0 amide bonds. The van der Waals surface area contributed by atoms with Crippen LogP contribution in [0.25, 0.3) is 0 Å². The molecule has 0 aliphatic heterocycles. The summed E-state index contributed by atoms with van der Waals surface area (Å²) < 4.78 is 26.8. The summed E-state index contributed by atoms with van der Waals surface area (Å²) in [4.78, 5) is 12.1. The van der Waals surface area contributed by atoms with Gasteiger partial charge in [0.15, 0.2) is 5.78 Å². The first-order chi connectivity index (χ1) is 8.95. The van der Waals surface area contributed by atoms with E-state index in [1.165, 1.54) is 0 Å². The fraction of sp³-hybridized carbons (Fsp3) is 0.0714. The molecule has 1 nitrogen and oxygen atoms in total. The van der Waals surface area contributed by atoms with E-state index in [1.807, 2.05) is 0 Å². The van der Waals surface area contributed by atoms with Crippen molar-refractivity contribution in [3.63, 3.8) is 0 Å². The van der Waals surface area contributed by atoms with Crippen molar-refractivity contribution in [2.24, 2.45) is 0 Å². The maximum Gasteiger partial charge on any atom is 0.168 e. The molecule has 5 heteroatoms. The van der Waals surface area contributed by atoms with Gasteiger partial charge in [-0.2, -0.15) is 0 Å². The highest BCUT2D eigenvalue weighted by Crippen LogP contribution is 2.23. The van der Waals surface area contributed by atoms with Gasteiger partial charge in [-0.1, -0.05) is 27.5 Å². The molecule has 0 atom stereocenters. The molecule has 0 aromatic heterocycles. The highest BCUT2D eigenvalue weighted by molar-refractivity contribution is 9.10. The fourth-order valence-electron chi connectivity index (χ4n) is 1.70. The predicted molar refractivity (Wildman–Crippen MR) is 73.5 cm³/mol. The van der Waals surface area contributed by atoms with Crippen molar-refractivity contribution in [3.8, 4) is 0 Å². The SMILES string of the molecule is O=C(Cc1cc(F)cc(F)c1)c1cc(Br)ccc1Cl. The average Bonchev–Trinajstić information content (AvgIpc) is 2.30. The standard InChI is InChI=1S/C14H8BrClF2O/c15-9-1-2-13(16)12(6-9)14(19)5-8-3-10(17)7-11(18)4-8/h1-4,6-7H,5H2. The number of benzene rings is 2. The maximum absolute atomic E-state index is 13.0. The minimum absolute atomic E-state index is 0.106. The van der Waals surface area contributed by atoms with Crippen LogP contribution in [0.4, 0.5) is 8.78 Å². The van der Waals surface area contributed by atoms with Gasteiger partial charge in [0.1, 0.15) is 11.6 Å². The summed E-state index contributed by atoms with van der Waals surface area (Å²) in [5.41, 5.74) is 0.597. The van der Waals surface area contributed by atoms with Gasteiger partial charge in [-0.3, -0.25) is 4.79 Å². The quantitative estimate of drug-likeness (QED) is 0.730. The van der Waals surface area contributed by atoms with Gasteiger partial charge in [-0.25, -0.2) is 8.78 Å². The molecule has 2 aromatic carbocycles. The van der Waals surface area contributed by atoms with Crippen LogP contribution < -0.4 is 0 Å². The van der Waals surface area contributed by atoms with Crippen LogP contribution in [-0.4, -0.2) is 5.78 Å². The molecule has 2 aromatic rings. The molecule has 19 heavy (non-hydrogen) atoms. The highest BCUT2D eigenvalue weighted by Gasteiger charge is 2.13. The maximum atomic E-state index is 13.0. The van der Waals surface area contributed by atoms with Gasteiger partial charge in [0, 0.05) is 22.5 Å². The van der Waals surface area contributed by atoms with Crippen molar-refractivity contribution < 1.29 is 13.6 Å². The Kier molecular flexibility index (Phi) is 4.32. The van der Waals surface area contributed by atoms with Crippen LogP contribution in [-0.2, 0) is 6.42 Å². The molecule has 0 unspecified atom stereocenters.